The Balaban J connectivity index is 1.46. The molecule has 140 valence electrons. The van der Waals surface area contributed by atoms with Crippen LogP contribution in [0.1, 0.15) is 21.6 Å². The Hall–Kier alpha value is -3.60. The van der Waals surface area contributed by atoms with Crippen molar-refractivity contribution < 1.29 is 4.79 Å². The Bertz CT molecular complexity index is 1050. The van der Waals surface area contributed by atoms with Crippen LogP contribution in [0.4, 0.5) is 0 Å². The number of carbonyl (C=O) groups is 1. The van der Waals surface area contributed by atoms with Gasteiger partial charge in [0.1, 0.15) is 5.69 Å². The highest BCUT2D eigenvalue weighted by atomic mass is 16.2. The normalized spacial score (nSPS) is 10.8. The lowest BCUT2D eigenvalue weighted by Crippen LogP contribution is -2.28. The molecule has 0 spiro atoms. The van der Waals surface area contributed by atoms with Crippen LogP contribution < -0.4 is 0 Å². The summed E-state index contributed by atoms with van der Waals surface area (Å²) in [7, 11) is 1.82. The minimum atomic E-state index is -0.00612. The lowest BCUT2D eigenvalue weighted by atomic mass is 10.2. The van der Waals surface area contributed by atoms with Crippen LogP contribution >= 0.6 is 0 Å². The largest absolute Gasteiger partial charge is 0.339 e. The fourth-order valence-corrected chi connectivity index (χ4v) is 3.23. The minimum Gasteiger partial charge on any atom is -0.339 e. The number of hydrogen-bond acceptors (Lipinski definition) is 2. The highest BCUT2D eigenvalue weighted by Crippen LogP contribution is 2.13. The van der Waals surface area contributed by atoms with Crippen LogP contribution in [0.5, 0.6) is 0 Å². The third-order valence-corrected chi connectivity index (χ3v) is 4.67. The Kier molecular flexibility index (Phi) is 5.06. The van der Waals surface area contributed by atoms with Crippen molar-refractivity contribution >= 4 is 5.91 Å². The summed E-state index contributed by atoms with van der Waals surface area (Å²) in [6.07, 6.45) is 5.71. The van der Waals surface area contributed by atoms with Gasteiger partial charge in [-0.05, 0) is 29.8 Å². The zero-order valence-electron chi connectivity index (χ0n) is 15.8. The zero-order valence-corrected chi connectivity index (χ0v) is 15.8. The van der Waals surface area contributed by atoms with E-state index in [9.17, 15) is 4.79 Å². The molecule has 0 aliphatic carbocycles. The fraction of sp³-hybridized carbons (Fsp3) is 0.130. The molecule has 0 N–H and O–H groups in total. The molecule has 1 amide bonds. The molecule has 0 unspecified atom stereocenters. The van der Waals surface area contributed by atoms with Gasteiger partial charge in [0.05, 0.1) is 11.9 Å². The maximum absolute atomic E-state index is 13.0. The molecule has 0 saturated heterocycles. The number of hydrogen-bond donors (Lipinski definition) is 0. The maximum atomic E-state index is 13.0. The summed E-state index contributed by atoms with van der Waals surface area (Å²) in [5.41, 5.74) is 3.83. The molecule has 0 saturated carbocycles. The van der Waals surface area contributed by atoms with Crippen molar-refractivity contribution in [3.63, 3.8) is 0 Å². The molecule has 0 aliphatic heterocycles. The summed E-state index contributed by atoms with van der Waals surface area (Å²) in [6, 6.07) is 23.9. The second-order valence-corrected chi connectivity index (χ2v) is 6.80. The lowest BCUT2D eigenvalue weighted by Gasteiger charge is -2.18. The molecule has 2 aromatic heterocycles. The van der Waals surface area contributed by atoms with E-state index in [0.29, 0.717) is 18.8 Å². The Morgan fingerprint density at radius 2 is 1.64 bits per heavy atom. The minimum absolute atomic E-state index is 0.00612. The summed E-state index contributed by atoms with van der Waals surface area (Å²) in [5.74, 6) is -0.00612. The standard InChI is InChI=1S/C23H22N4O/c1-25(16-20-15-24-27(18-20)21-11-6-3-7-12-21)23(28)22-13-8-14-26(22)17-19-9-4-2-5-10-19/h2-15,18H,16-17H2,1H3. The van der Waals surface area contributed by atoms with Crippen LogP contribution in [0.15, 0.2) is 91.4 Å². The number of nitrogens with zero attached hydrogens (tertiary/aromatic N) is 4. The molecule has 0 fully saturated rings. The zero-order chi connectivity index (χ0) is 19.3. The predicted octanol–water partition coefficient (Wildman–Crippen LogP) is 3.99. The van der Waals surface area contributed by atoms with E-state index in [2.05, 4.69) is 17.2 Å². The van der Waals surface area contributed by atoms with Gasteiger partial charge in [-0.3, -0.25) is 4.79 Å². The van der Waals surface area contributed by atoms with Gasteiger partial charge in [0.25, 0.3) is 5.91 Å². The van der Waals surface area contributed by atoms with E-state index in [-0.39, 0.29) is 5.91 Å². The predicted molar refractivity (Wildman–Crippen MR) is 109 cm³/mol. The summed E-state index contributed by atoms with van der Waals surface area (Å²) < 4.78 is 3.81. The van der Waals surface area contributed by atoms with Gasteiger partial charge in [0.2, 0.25) is 0 Å². The van der Waals surface area contributed by atoms with E-state index < -0.39 is 0 Å². The van der Waals surface area contributed by atoms with E-state index in [1.54, 1.807) is 11.1 Å². The monoisotopic (exact) mass is 370 g/mol. The van der Waals surface area contributed by atoms with Crippen molar-refractivity contribution in [2.45, 2.75) is 13.1 Å². The number of carbonyl (C=O) groups excluding carboxylic acids is 1. The molecule has 28 heavy (non-hydrogen) atoms. The van der Waals surface area contributed by atoms with Gasteiger partial charge in [-0.1, -0.05) is 48.5 Å². The Morgan fingerprint density at radius 3 is 2.39 bits per heavy atom. The summed E-state index contributed by atoms with van der Waals surface area (Å²) in [4.78, 5) is 14.7. The number of benzene rings is 2. The van der Waals surface area contributed by atoms with E-state index in [0.717, 1.165) is 11.3 Å². The SMILES string of the molecule is CN(Cc1cnn(-c2ccccc2)c1)C(=O)c1cccn1Cc1ccccc1. The molecule has 0 atom stereocenters. The second kappa shape index (κ2) is 7.96. The highest BCUT2D eigenvalue weighted by Gasteiger charge is 2.17. The number of rotatable bonds is 6. The van der Waals surface area contributed by atoms with Crippen molar-refractivity contribution in [3.8, 4) is 5.69 Å². The summed E-state index contributed by atoms with van der Waals surface area (Å²) >= 11 is 0. The number of amides is 1. The van der Waals surface area contributed by atoms with Gasteiger partial charge in [-0.2, -0.15) is 5.10 Å². The van der Waals surface area contributed by atoms with Gasteiger partial charge in [-0.15, -0.1) is 0 Å². The topological polar surface area (TPSA) is 43.1 Å². The summed E-state index contributed by atoms with van der Waals surface area (Å²) in [5, 5.41) is 4.41. The molecule has 0 aliphatic rings. The van der Waals surface area contributed by atoms with E-state index in [4.69, 9.17) is 0 Å². The van der Waals surface area contributed by atoms with Gasteiger partial charge in [-0.25, -0.2) is 4.68 Å². The van der Waals surface area contributed by atoms with Crippen molar-refractivity contribution in [2.75, 3.05) is 7.05 Å². The Morgan fingerprint density at radius 1 is 0.929 bits per heavy atom. The first-order chi connectivity index (χ1) is 13.7. The van der Waals surface area contributed by atoms with Crippen molar-refractivity contribution in [1.82, 2.24) is 19.2 Å². The first-order valence-corrected chi connectivity index (χ1v) is 9.24. The average molecular weight is 370 g/mol. The average Bonchev–Trinajstić information content (AvgIpc) is 3.38. The quantitative estimate of drug-likeness (QED) is 0.515. The van der Waals surface area contributed by atoms with Crippen LogP contribution in [0.2, 0.25) is 0 Å². The first kappa shape index (κ1) is 17.8. The van der Waals surface area contributed by atoms with Crippen LogP contribution in [0.3, 0.4) is 0 Å². The van der Waals surface area contributed by atoms with Crippen LogP contribution in [-0.2, 0) is 13.1 Å². The highest BCUT2D eigenvalue weighted by molar-refractivity contribution is 5.92. The third-order valence-electron chi connectivity index (χ3n) is 4.67. The molecule has 5 nitrogen and oxygen atoms in total. The van der Waals surface area contributed by atoms with Crippen molar-refractivity contribution in [2.24, 2.45) is 0 Å². The van der Waals surface area contributed by atoms with Gasteiger partial charge in [0, 0.05) is 38.1 Å². The number of para-hydroxylation sites is 1. The fourth-order valence-electron chi connectivity index (χ4n) is 3.23. The lowest BCUT2D eigenvalue weighted by molar-refractivity contribution is 0.0775. The van der Waals surface area contributed by atoms with Crippen molar-refractivity contribution in [3.05, 3.63) is 108 Å². The molecule has 5 heteroatoms. The van der Waals surface area contributed by atoms with Gasteiger partial charge in [0.15, 0.2) is 0 Å². The van der Waals surface area contributed by atoms with E-state index in [1.807, 2.05) is 89.4 Å². The van der Waals surface area contributed by atoms with Gasteiger partial charge < -0.3 is 9.47 Å². The third kappa shape index (κ3) is 3.88. The van der Waals surface area contributed by atoms with Gasteiger partial charge >= 0.3 is 0 Å². The second-order valence-electron chi connectivity index (χ2n) is 6.80. The van der Waals surface area contributed by atoms with Crippen LogP contribution in [0.25, 0.3) is 5.69 Å². The molecular formula is C23H22N4O. The molecule has 0 bridgehead atoms. The Labute approximate surface area is 164 Å². The van der Waals surface area contributed by atoms with E-state index in [1.165, 1.54) is 5.56 Å². The first-order valence-electron chi connectivity index (χ1n) is 9.24. The molecular weight excluding hydrogens is 348 g/mol. The molecule has 0 radical (unpaired) electrons. The molecule has 4 aromatic rings. The number of aromatic nitrogens is 3. The van der Waals surface area contributed by atoms with Crippen molar-refractivity contribution in [1.29, 1.82) is 0 Å². The maximum Gasteiger partial charge on any atom is 0.270 e. The van der Waals surface area contributed by atoms with Crippen LogP contribution in [0, 0.1) is 0 Å². The molecule has 2 aromatic carbocycles. The van der Waals surface area contributed by atoms with Crippen LogP contribution in [-0.4, -0.2) is 32.2 Å². The molecule has 4 rings (SSSR count). The molecule has 2 heterocycles. The summed E-state index contributed by atoms with van der Waals surface area (Å²) in [6.45, 7) is 1.18. The smallest absolute Gasteiger partial charge is 0.270 e. The van der Waals surface area contributed by atoms with E-state index >= 15 is 0 Å².